The second-order valence-electron chi connectivity index (χ2n) is 3.98. The Kier molecular flexibility index (Phi) is 4.55. The van der Waals surface area contributed by atoms with Crippen LogP contribution in [0.3, 0.4) is 0 Å². The third-order valence-corrected chi connectivity index (χ3v) is 2.65. The summed E-state index contributed by atoms with van der Waals surface area (Å²) in [6.45, 7) is 4.42. The van der Waals surface area contributed by atoms with E-state index < -0.39 is 0 Å². The summed E-state index contributed by atoms with van der Waals surface area (Å²) >= 11 is 3.35. The van der Waals surface area contributed by atoms with E-state index in [0.717, 1.165) is 23.0 Å². The first-order valence-corrected chi connectivity index (χ1v) is 5.76. The van der Waals surface area contributed by atoms with Crippen LogP contribution in [0.5, 0.6) is 0 Å². The van der Waals surface area contributed by atoms with Gasteiger partial charge in [0.05, 0.1) is 5.69 Å². The molecule has 0 radical (unpaired) electrons. The summed E-state index contributed by atoms with van der Waals surface area (Å²) in [7, 11) is 0. The third-order valence-electron chi connectivity index (χ3n) is 2.19. The van der Waals surface area contributed by atoms with Gasteiger partial charge in [0.15, 0.2) is 0 Å². The van der Waals surface area contributed by atoms with Gasteiger partial charge in [-0.15, -0.1) is 0 Å². The van der Waals surface area contributed by atoms with Gasteiger partial charge in [-0.2, -0.15) is 0 Å². The van der Waals surface area contributed by atoms with Crippen molar-refractivity contribution in [2.45, 2.75) is 32.7 Å². The molecule has 1 heterocycles. The fourth-order valence-electron chi connectivity index (χ4n) is 1.27. The van der Waals surface area contributed by atoms with Crippen molar-refractivity contribution in [1.82, 2.24) is 4.98 Å². The standard InChI is InChI=1S/C11H17BrN2/c1-8(2)3-5-10(13)11-6-4-9(12)7-14-11/h4,6-8,10H,3,5,13H2,1-2H3/t10-/m0/s1. The topological polar surface area (TPSA) is 38.9 Å². The second kappa shape index (κ2) is 5.47. The molecule has 0 amide bonds. The van der Waals surface area contributed by atoms with Gasteiger partial charge in [0.25, 0.3) is 0 Å². The Morgan fingerprint density at radius 2 is 2.07 bits per heavy atom. The lowest BCUT2D eigenvalue weighted by Crippen LogP contribution is -2.12. The van der Waals surface area contributed by atoms with Crippen molar-refractivity contribution in [2.24, 2.45) is 11.7 Å². The predicted octanol–water partition coefficient (Wildman–Crippen LogP) is 3.28. The molecule has 0 saturated heterocycles. The number of aromatic nitrogens is 1. The van der Waals surface area contributed by atoms with Gasteiger partial charge < -0.3 is 5.73 Å². The molecule has 0 aliphatic heterocycles. The normalized spacial score (nSPS) is 13.2. The Bertz CT molecular complexity index is 269. The van der Waals surface area contributed by atoms with Crippen molar-refractivity contribution in [1.29, 1.82) is 0 Å². The Labute approximate surface area is 94.0 Å². The van der Waals surface area contributed by atoms with E-state index in [1.807, 2.05) is 12.1 Å². The summed E-state index contributed by atoms with van der Waals surface area (Å²) in [6.07, 6.45) is 3.95. The minimum atomic E-state index is 0.0745. The highest BCUT2D eigenvalue weighted by Crippen LogP contribution is 2.18. The average molecular weight is 257 g/mol. The maximum absolute atomic E-state index is 6.02. The fraction of sp³-hybridized carbons (Fsp3) is 0.545. The van der Waals surface area contributed by atoms with Crippen molar-refractivity contribution in [2.75, 3.05) is 0 Å². The molecule has 3 heteroatoms. The number of hydrogen-bond donors (Lipinski definition) is 1. The molecule has 1 rings (SSSR count). The monoisotopic (exact) mass is 256 g/mol. The van der Waals surface area contributed by atoms with Crippen LogP contribution in [-0.4, -0.2) is 4.98 Å². The maximum Gasteiger partial charge on any atom is 0.0571 e. The zero-order valence-corrected chi connectivity index (χ0v) is 10.3. The average Bonchev–Trinajstić information content (AvgIpc) is 2.15. The minimum absolute atomic E-state index is 0.0745. The molecular formula is C11H17BrN2. The molecule has 0 aliphatic rings. The lowest BCUT2D eigenvalue weighted by molar-refractivity contribution is 0.501. The molecule has 78 valence electrons. The molecule has 0 aliphatic carbocycles. The van der Waals surface area contributed by atoms with Crippen LogP contribution < -0.4 is 5.73 Å². The lowest BCUT2D eigenvalue weighted by Gasteiger charge is -2.12. The molecule has 0 saturated carbocycles. The first-order valence-electron chi connectivity index (χ1n) is 4.96. The highest BCUT2D eigenvalue weighted by atomic mass is 79.9. The van der Waals surface area contributed by atoms with Crippen molar-refractivity contribution >= 4 is 15.9 Å². The first kappa shape index (κ1) is 11.7. The van der Waals surface area contributed by atoms with Gasteiger partial charge in [0, 0.05) is 16.7 Å². The molecular weight excluding hydrogens is 240 g/mol. The van der Waals surface area contributed by atoms with Crippen LogP contribution in [0.15, 0.2) is 22.8 Å². The molecule has 0 bridgehead atoms. The Hall–Kier alpha value is -0.410. The van der Waals surface area contributed by atoms with Crippen molar-refractivity contribution in [3.8, 4) is 0 Å². The minimum Gasteiger partial charge on any atom is -0.323 e. The van der Waals surface area contributed by atoms with Crippen molar-refractivity contribution in [3.05, 3.63) is 28.5 Å². The summed E-state index contributed by atoms with van der Waals surface area (Å²) < 4.78 is 0.998. The van der Waals surface area contributed by atoms with E-state index in [-0.39, 0.29) is 6.04 Å². The number of halogens is 1. The maximum atomic E-state index is 6.02. The van der Waals surface area contributed by atoms with Gasteiger partial charge in [-0.1, -0.05) is 13.8 Å². The summed E-state index contributed by atoms with van der Waals surface area (Å²) in [5.41, 5.74) is 7.00. The van der Waals surface area contributed by atoms with E-state index in [4.69, 9.17) is 5.73 Å². The van der Waals surface area contributed by atoms with Gasteiger partial charge >= 0.3 is 0 Å². The van der Waals surface area contributed by atoms with Crippen LogP contribution in [0.2, 0.25) is 0 Å². The molecule has 2 N–H and O–H groups in total. The van der Waals surface area contributed by atoms with Crippen LogP contribution in [0.4, 0.5) is 0 Å². The Balaban J connectivity index is 2.52. The van der Waals surface area contributed by atoms with E-state index in [2.05, 4.69) is 34.8 Å². The van der Waals surface area contributed by atoms with Crippen molar-refractivity contribution < 1.29 is 0 Å². The van der Waals surface area contributed by atoms with E-state index in [0.29, 0.717) is 5.92 Å². The summed E-state index contributed by atoms with van der Waals surface area (Å²) in [5.74, 6) is 0.705. The largest absolute Gasteiger partial charge is 0.323 e. The van der Waals surface area contributed by atoms with Crippen LogP contribution >= 0.6 is 15.9 Å². The first-order chi connectivity index (χ1) is 6.59. The van der Waals surface area contributed by atoms with E-state index in [9.17, 15) is 0 Å². The number of nitrogens with zero attached hydrogens (tertiary/aromatic N) is 1. The van der Waals surface area contributed by atoms with E-state index in [1.165, 1.54) is 0 Å². The van der Waals surface area contributed by atoms with Crippen molar-refractivity contribution in [3.63, 3.8) is 0 Å². The summed E-state index contributed by atoms with van der Waals surface area (Å²) in [4.78, 5) is 4.28. The van der Waals surface area contributed by atoms with Gasteiger partial charge in [-0.05, 0) is 46.8 Å². The van der Waals surface area contributed by atoms with Gasteiger partial charge in [-0.3, -0.25) is 4.98 Å². The third kappa shape index (κ3) is 3.76. The highest BCUT2D eigenvalue weighted by molar-refractivity contribution is 9.10. The molecule has 0 spiro atoms. The van der Waals surface area contributed by atoms with Gasteiger partial charge in [0.1, 0.15) is 0 Å². The number of pyridine rings is 1. The molecule has 1 aromatic heterocycles. The smallest absolute Gasteiger partial charge is 0.0571 e. The van der Waals surface area contributed by atoms with Gasteiger partial charge in [0.2, 0.25) is 0 Å². The molecule has 14 heavy (non-hydrogen) atoms. The molecule has 0 unspecified atom stereocenters. The van der Waals surface area contributed by atoms with Crippen LogP contribution in [-0.2, 0) is 0 Å². The van der Waals surface area contributed by atoms with E-state index in [1.54, 1.807) is 6.20 Å². The molecule has 2 nitrogen and oxygen atoms in total. The molecule has 1 aromatic rings. The predicted molar refractivity (Wildman–Crippen MR) is 62.9 cm³/mol. The molecule has 0 fully saturated rings. The quantitative estimate of drug-likeness (QED) is 0.898. The zero-order valence-electron chi connectivity index (χ0n) is 8.70. The molecule has 1 atom stereocenters. The fourth-order valence-corrected chi connectivity index (χ4v) is 1.50. The second-order valence-corrected chi connectivity index (χ2v) is 4.89. The van der Waals surface area contributed by atoms with Crippen LogP contribution in [0.25, 0.3) is 0 Å². The van der Waals surface area contributed by atoms with Crippen LogP contribution in [0, 0.1) is 5.92 Å². The zero-order chi connectivity index (χ0) is 10.6. The lowest BCUT2D eigenvalue weighted by atomic mass is 10.0. The number of nitrogens with two attached hydrogens (primary N) is 1. The summed E-state index contributed by atoms with van der Waals surface area (Å²) in [5, 5.41) is 0. The highest BCUT2D eigenvalue weighted by Gasteiger charge is 2.07. The Morgan fingerprint density at radius 3 is 2.57 bits per heavy atom. The number of rotatable bonds is 4. The summed E-state index contributed by atoms with van der Waals surface area (Å²) in [6, 6.07) is 4.04. The van der Waals surface area contributed by atoms with Crippen LogP contribution in [0.1, 0.15) is 38.4 Å². The Morgan fingerprint density at radius 1 is 1.36 bits per heavy atom. The van der Waals surface area contributed by atoms with E-state index >= 15 is 0 Å². The number of hydrogen-bond acceptors (Lipinski definition) is 2. The van der Waals surface area contributed by atoms with Gasteiger partial charge in [-0.25, -0.2) is 0 Å². The molecule has 0 aromatic carbocycles. The SMILES string of the molecule is CC(C)CC[C@H](N)c1ccc(Br)cn1.